The van der Waals surface area contributed by atoms with Crippen molar-refractivity contribution in [1.29, 1.82) is 0 Å². The molecule has 0 aliphatic carbocycles. The van der Waals surface area contributed by atoms with Crippen molar-refractivity contribution < 1.29 is 32.5 Å². The molecule has 0 atom stereocenters. The lowest BCUT2D eigenvalue weighted by Gasteiger charge is -2.33. The van der Waals surface area contributed by atoms with Crippen LogP contribution in [-0.2, 0) is 14.1 Å². The van der Waals surface area contributed by atoms with Gasteiger partial charge >= 0.3 is 0 Å². The lowest BCUT2D eigenvalue weighted by atomic mass is 9.34. The number of imidazole rings is 2. The summed E-state index contributed by atoms with van der Waals surface area (Å²) in [7, 11) is 4.05. The van der Waals surface area contributed by atoms with E-state index in [9.17, 15) is 0 Å². The summed E-state index contributed by atoms with van der Waals surface area (Å²) in [5.74, 6) is 7.28. The Balaban J connectivity index is 0.892. The summed E-state index contributed by atoms with van der Waals surface area (Å²) < 4.78 is 41.0. The Bertz CT molecular complexity index is 3220. The first-order valence-corrected chi connectivity index (χ1v) is 21.2. The van der Waals surface area contributed by atoms with Crippen LogP contribution < -0.4 is 60.9 Å². The van der Waals surface area contributed by atoms with E-state index in [-0.39, 0.29) is 13.4 Å². The van der Waals surface area contributed by atoms with Crippen molar-refractivity contribution in [3.05, 3.63) is 157 Å². The maximum atomic E-state index is 6.60. The van der Waals surface area contributed by atoms with Gasteiger partial charge in [0.15, 0.2) is 0 Å². The van der Waals surface area contributed by atoms with Crippen LogP contribution in [-0.4, -0.2) is 22.6 Å². The average molecular weight is 821 g/mol. The first kappa shape index (κ1) is 36.0. The number of aryl methyl sites for hydroxylation is 2. The van der Waals surface area contributed by atoms with E-state index in [1.54, 1.807) is 0 Å². The van der Waals surface area contributed by atoms with Crippen molar-refractivity contribution in [2.24, 2.45) is 14.1 Å². The fourth-order valence-corrected chi connectivity index (χ4v) is 10.0. The quantitative estimate of drug-likeness (QED) is 0.122. The number of aromatic nitrogens is 4. The van der Waals surface area contributed by atoms with Gasteiger partial charge < -0.3 is 41.6 Å². The standard InChI is InChI=1S/C52H38B2N4O5/c1-29-31(3)57(27-55(29)5)36-15-19-44-40(24-36)53-38-21-33(13-17-42(38)60-46-9-7-11-48(62-44)51(46)53)35-23-50(59-26-35)34-14-18-43-39(22-34)54-41-25-37(58-28-56(6)30(2)32(58)4)16-20-45(41)63-49-12-8-10-47(61-43)52(49)54/h7-26H,1-6H3. The molecule has 0 radical (unpaired) electrons. The molecule has 0 N–H and O–H groups in total. The lowest BCUT2D eigenvalue weighted by molar-refractivity contribution is -0.681. The van der Waals surface area contributed by atoms with Crippen LogP contribution in [0.1, 0.15) is 22.8 Å². The molecule has 3 aromatic heterocycles. The van der Waals surface area contributed by atoms with E-state index < -0.39 is 0 Å². The zero-order chi connectivity index (χ0) is 42.4. The fourth-order valence-electron chi connectivity index (χ4n) is 10.0. The van der Waals surface area contributed by atoms with Crippen molar-refractivity contribution in [2.75, 3.05) is 0 Å². The Kier molecular flexibility index (Phi) is 7.40. The molecule has 11 heteroatoms. The van der Waals surface area contributed by atoms with Crippen molar-refractivity contribution >= 4 is 46.2 Å². The largest absolute Gasteiger partial charge is 0.464 e. The highest BCUT2D eigenvalue weighted by atomic mass is 16.5. The maximum absolute atomic E-state index is 6.60. The molecule has 4 aliphatic heterocycles. The van der Waals surface area contributed by atoms with Gasteiger partial charge in [-0.1, -0.05) is 54.6 Å². The van der Waals surface area contributed by atoms with Crippen molar-refractivity contribution in [2.45, 2.75) is 27.7 Å². The fraction of sp³-hybridized carbons (Fsp3) is 0.115. The zero-order valence-electron chi connectivity index (χ0n) is 35.5. The van der Waals surface area contributed by atoms with Crippen molar-refractivity contribution in [1.82, 2.24) is 9.13 Å². The van der Waals surface area contributed by atoms with E-state index in [0.29, 0.717) is 0 Å². The summed E-state index contributed by atoms with van der Waals surface area (Å²) in [6.45, 7) is 8.25. The van der Waals surface area contributed by atoms with Crippen molar-refractivity contribution in [3.8, 4) is 79.8 Å². The number of furan rings is 1. The van der Waals surface area contributed by atoms with Crippen LogP contribution in [0.2, 0.25) is 0 Å². The number of nitrogens with zero attached hydrogens (tertiary/aromatic N) is 4. The molecule has 0 unspecified atom stereocenters. The minimum absolute atomic E-state index is 0.108. The monoisotopic (exact) mass is 820 g/mol. The Labute approximate surface area is 365 Å². The van der Waals surface area contributed by atoms with Crippen LogP contribution in [0.5, 0.6) is 46.0 Å². The molecule has 4 aliphatic rings. The van der Waals surface area contributed by atoms with Gasteiger partial charge in [0.25, 0.3) is 13.4 Å². The summed E-state index contributed by atoms with van der Waals surface area (Å²) >= 11 is 0. The second-order valence-electron chi connectivity index (χ2n) is 17.1. The second-order valence-corrected chi connectivity index (χ2v) is 17.1. The van der Waals surface area contributed by atoms with Gasteiger partial charge in [-0.25, -0.2) is 0 Å². The molecule has 7 heterocycles. The van der Waals surface area contributed by atoms with Crippen LogP contribution in [0.4, 0.5) is 0 Å². The Morgan fingerprint density at radius 2 is 0.857 bits per heavy atom. The smallest absolute Gasteiger partial charge is 0.259 e. The lowest BCUT2D eigenvalue weighted by Crippen LogP contribution is -2.57. The van der Waals surface area contributed by atoms with Gasteiger partial charge in [0.05, 0.1) is 31.7 Å². The van der Waals surface area contributed by atoms with Crippen LogP contribution >= 0.6 is 0 Å². The van der Waals surface area contributed by atoms with E-state index in [1.807, 2.05) is 65.9 Å². The molecule has 0 saturated heterocycles. The Hall–Kier alpha value is -7.65. The molecule has 13 rings (SSSR count). The molecular weight excluding hydrogens is 782 g/mol. The van der Waals surface area contributed by atoms with Crippen LogP contribution in [0, 0.1) is 40.3 Å². The third-order valence-electron chi connectivity index (χ3n) is 13.7. The van der Waals surface area contributed by atoms with E-state index in [0.717, 1.165) is 135 Å². The molecule has 63 heavy (non-hydrogen) atoms. The first-order valence-electron chi connectivity index (χ1n) is 21.2. The second kappa shape index (κ2) is 12.9. The molecule has 9 nitrogen and oxygen atoms in total. The molecule has 0 saturated carbocycles. The molecule has 302 valence electrons. The van der Waals surface area contributed by atoms with E-state index in [2.05, 4.69) is 128 Å². The topological polar surface area (TPSA) is 67.7 Å². The highest BCUT2D eigenvalue weighted by Gasteiger charge is 2.42. The maximum Gasteiger partial charge on any atom is 0.259 e. The van der Waals surface area contributed by atoms with Crippen LogP contribution in [0.15, 0.2) is 126 Å². The van der Waals surface area contributed by atoms with E-state index in [1.165, 1.54) is 0 Å². The normalized spacial score (nSPS) is 13.4. The summed E-state index contributed by atoms with van der Waals surface area (Å²) in [6, 6.07) is 39.8. The number of hydrogen-bond acceptors (Lipinski definition) is 5. The highest BCUT2D eigenvalue weighted by Crippen LogP contribution is 2.39. The summed E-state index contributed by atoms with van der Waals surface area (Å²) in [6.07, 6.45) is 8.79. The predicted molar refractivity (Wildman–Crippen MR) is 243 cm³/mol. The highest BCUT2D eigenvalue weighted by molar-refractivity contribution is 6.99. The minimum Gasteiger partial charge on any atom is -0.464 e. The number of ether oxygens (including phenoxy) is 4. The molecule has 6 aromatic carbocycles. The van der Waals surface area contributed by atoms with Gasteiger partial charge in [0.2, 0.25) is 12.7 Å². The minimum atomic E-state index is -0.119. The Morgan fingerprint density at radius 3 is 1.30 bits per heavy atom. The van der Waals surface area contributed by atoms with Crippen molar-refractivity contribution in [3.63, 3.8) is 0 Å². The van der Waals surface area contributed by atoms with Gasteiger partial charge in [-0.2, -0.15) is 0 Å². The van der Waals surface area contributed by atoms with Gasteiger partial charge in [0.1, 0.15) is 51.8 Å². The SMILES string of the molecule is Cc1c(C)[n+](C)[c-]n1-c1ccc2c(c1)B1c3cc(-c4coc(-c5ccc6c(c5)B5c7cc(-n8[c-][n+](C)c(C)c8C)ccc7Oc7cccc(c75)O6)c4)ccc3Oc3cccc(c31)O2. The molecule has 0 amide bonds. The molecule has 9 aromatic rings. The third-order valence-corrected chi connectivity index (χ3v) is 13.7. The summed E-state index contributed by atoms with van der Waals surface area (Å²) in [5, 5.41) is 0. The third kappa shape index (κ3) is 5.19. The Morgan fingerprint density at radius 1 is 0.444 bits per heavy atom. The number of hydrogen-bond donors (Lipinski definition) is 0. The first-order chi connectivity index (χ1) is 30.7. The van der Waals surface area contributed by atoms with Gasteiger partial charge in [-0.05, 0) is 116 Å². The van der Waals surface area contributed by atoms with Gasteiger partial charge in [-0.15, -0.1) is 0 Å². The van der Waals surface area contributed by atoms with E-state index >= 15 is 0 Å². The number of benzene rings is 6. The number of fused-ring (bicyclic) bond motifs is 8. The molecular formula is C52H38B2N4O5. The predicted octanol–water partition coefficient (Wildman–Crippen LogP) is 6.13. The molecule has 0 spiro atoms. The summed E-state index contributed by atoms with van der Waals surface area (Å²) in [5.41, 5.74) is 15.9. The van der Waals surface area contributed by atoms with E-state index in [4.69, 9.17) is 23.4 Å². The molecule has 0 fully saturated rings. The van der Waals surface area contributed by atoms with Gasteiger partial charge in [-0.3, -0.25) is 0 Å². The van der Waals surface area contributed by atoms with Crippen LogP contribution in [0.25, 0.3) is 33.8 Å². The number of rotatable bonds is 4. The summed E-state index contributed by atoms with van der Waals surface area (Å²) in [4.78, 5) is 0. The zero-order valence-corrected chi connectivity index (χ0v) is 35.5. The average Bonchev–Trinajstić information content (AvgIpc) is 3.98. The molecule has 0 bridgehead atoms. The van der Waals surface area contributed by atoms with Crippen LogP contribution in [0.3, 0.4) is 0 Å². The van der Waals surface area contributed by atoms with Gasteiger partial charge in [0, 0.05) is 44.8 Å².